The van der Waals surface area contributed by atoms with Crippen molar-refractivity contribution < 1.29 is 0 Å². The Balaban J connectivity index is 2.20. The van der Waals surface area contributed by atoms with Crippen molar-refractivity contribution in [2.75, 3.05) is 5.73 Å². The van der Waals surface area contributed by atoms with Gasteiger partial charge in [0.2, 0.25) is 5.43 Å². The van der Waals surface area contributed by atoms with Gasteiger partial charge in [0, 0.05) is 25.0 Å². The first-order chi connectivity index (χ1) is 8.86. The first-order valence-corrected chi connectivity index (χ1v) is 6.41. The van der Waals surface area contributed by atoms with E-state index in [-0.39, 0.29) is 16.5 Å². The highest BCUT2D eigenvalue weighted by Crippen LogP contribution is 2.22. The van der Waals surface area contributed by atoms with Crippen molar-refractivity contribution >= 4 is 5.69 Å². The maximum atomic E-state index is 11.2. The summed E-state index contributed by atoms with van der Waals surface area (Å²) in [5.41, 5.74) is 8.46. The zero-order valence-electron chi connectivity index (χ0n) is 11.7. The quantitative estimate of drug-likeness (QED) is 0.898. The maximum Gasteiger partial charge on any atom is 0.204 e. The van der Waals surface area contributed by atoms with E-state index in [1.165, 1.54) is 17.2 Å². The molecule has 0 radical (unpaired) electrons. The lowest BCUT2D eigenvalue weighted by atomic mass is 9.87. The van der Waals surface area contributed by atoms with E-state index in [9.17, 15) is 4.79 Å². The lowest BCUT2D eigenvalue weighted by Crippen LogP contribution is -2.12. The van der Waals surface area contributed by atoms with Gasteiger partial charge in [0.15, 0.2) is 0 Å². The Hall–Kier alpha value is -2.03. The van der Waals surface area contributed by atoms with Crippen LogP contribution in [0.4, 0.5) is 5.69 Å². The van der Waals surface area contributed by atoms with E-state index < -0.39 is 0 Å². The highest BCUT2D eigenvalue weighted by atomic mass is 16.1. The third-order valence-corrected chi connectivity index (χ3v) is 3.19. The van der Waals surface area contributed by atoms with Crippen LogP contribution in [0.25, 0.3) is 0 Å². The average Bonchev–Trinajstić information content (AvgIpc) is 2.33. The molecule has 2 aromatic rings. The minimum Gasteiger partial charge on any atom is -0.394 e. The topological polar surface area (TPSA) is 48.0 Å². The number of hydrogen-bond acceptors (Lipinski definition) is 2. The van der Waals surface area contributed by atoms with Crippen LogP contribution in [-0.4, -0.2) is 4.57 Å². The fourth-order valence-electron chi connectivity index (χ4n) is 1.96. The van der Waals surface area contributed by atoms with E-state index in [4.69, 9.17) is 5.73 Å². The number of rotatable bonds is 2. The van der Waals surface area contributed by atoms with Crippen molar-refractivity contribution in [3.8, 4) is 0 Å². The molecule has 3 nitrogen and oxygen atoms in total. The zero-order valence-corrected chi connectivity index (χ0v) is 11.7. The minimum atomic E-state index is -0.126. The van der Waals surface area contributed by atoms with E-state index in [1.807, 2.05) is 4.57 Å². The molecular weight excluding hydrogens is 236 g/mol. The molecule has 0 saturated heterocycles. The van der Waals surface area contributed by atoms with Crippen LogP contribution in [0, 0.1) is 0 Å². The largest absolute Gasteiger partial charge is 0.394 e. The van der Waals surface area contributed by atoms with Gasteiger partial charge < -0.3 is 10.3 Å². The van der Waals surface area contributed by atoms with Gasteiger partial charge in [-0.3, -0.25) is 4.79 Å². The molecule has 0 amide bonds. The summed E-state index contributed by atoms with van der Waals surface area (Å²) in [6.45, 7) is 7.31. The first-order valence-electron chi connectivity index (χ1n) is 6.41. The number of anilines is 1. The minimum absolute atomic E-state index is 0.126. The normalized spacial score (nSPS) is 11.5. The van der Waals surface area contributed by atoms with E-state index in [2.05, 4.69) is 45.0 Å². The number of benzene rings is 1. The van der Waals surface area contributed by atoms with Crippen molar-refractivity contribution in [2.45, 2.75) is 32.7 Å². The predicted molar refractivity (Wildman–Crippen MR) is 79.4 cm³/mol. The highest BCUT2D eigenvalue weighted by molar-refractivity contribution is 5.34. The van der Waals surface area contributed by atoms with Gasteiger partial charge in [0.1, 0.15) is 0 Å². The van der Waals surface area contributed by atoms with Gasteiger partial charge in [-0.05, 0) is 16.5 Å². The lowest BCUT2D eigenvalue weighted by molar-refractivity contribution is 0.589. The van der Waals surface area contributed by atoms with E-state index in [1.54, 1.807) is 12.4 Å². The predicted octanol–water partition coefficient (Wildman–Crippen LogP) is 2.78. The summed E-state index contributed by atoms with van der Waals surface area (Å²) in [6, 6.07) is 10.0. The molecule has 2 N–H and O–H groups in total. The second-order valence-electron chi connectivity index (χ2n) is 5.88. The van der Waals surface area contributed by atoms with Crippen LogP contribution < -0.4 is 11.2 Å². The van der Waals surface area contributed by atoms with Crippen molar-refractivity contribution in [3.05, 3.63) is 64.1 Å². The number of nitrogen functional groups attached to an aromatic ring is 1. The standard InChI is InChI=1S/C16H20N2O/c1-16(2,3)13-6-4-12(5-7-13)10-18-9-8-15(19)14(17)11-18/h4-9,11H,10,17H2,1-3H3. The third kappa shape index (κ3) is 3.25. The van der Waals surface area contributed by atoms with Gasteiger partial charge in [-0.2, -0.15) is 0 Å². The molecule has 2 rings (SSSR count). The molecule has 0 bridgehead atoms. The number of hydrogen-bond donors (Lipinski definition) is 1. The zero-order chi connectivity index (χ0) is 14.0. The van der Waals surface area contributed by atoms with E-state index in [0.29, 0.717) is 0 Å². The smallest absolute Gasteiger partial charge is 0.204 e. The third-order valence-electron chi connectivity index (χ3n) is 3.19. The van der Waals surface area contributed by atoms with Crippen molar-refractivity contribution in [2.24, 2.45) is 0 Å². The SMILES string of the molecule is CC(C)(C)c1ccc(Cn2ccc(=O)c(N)c2)cc1. The lowest BCUT2D eigenvalue weighted by Gasteiger charge is -2.19. The summed E-state index contributed by atoms with van der Waals surface area (Å²) in [4.78, 5) is 11.2. The van der Waals surface area contributed by atoms with Gasteiger partial charge in [-0.1, -0.05) is 45.0 Å². The molecule has 19 heavy (non-hydrogen) atoms. The van der Waals surface area contributed by atoms with E-state index in [0.717, 1.165) is 6.54 Å². The summed E-state index contributed by atoms with van der Waals surface area (Å²) in [7, 11) is 0. The Bertz CT molecular complexity index is 618. The van der Waals surface area contributed by atoms with Crippen LogP contribution in [0.1, 0.15) is 31.9 Å². The molecule has 0 atom stereocenters. The first kappa shape index (κ1) is 13.4. The van der Waals surface area contributed by atoms with Gasteiger partial charge in [-0.25, -0.2) is 0 Å². The summed E-state index contributed by atoms with van der Waals surface area (Å²) in [5.74, 6) is 0. The van der Waals surface area contributed by atoms with E-state index >= 15 is 0 Å². The number of aromatic nitrogens is 1. The Morgan fingerprint density at radius 2 is 1.74 bits per heavy atom. The Kier molecular flexibility index (Phi) is 3.47. The molecule has 1 heterocycles. The molecule has 0 fully saturated rings. The van der Waals surface area contributed by atoms with Crippen molar-refractivity contribution in [1.29, 1.82) is 0 Å². The fourth-order valence-corrected chi connectivity index (χ4v) is 1.96. The van der Waals surface area contributed by atoms with Gasteiger partial charge in [-0.15, -0.1) is 0 Å². The molecule has 0 aliphatic heterocycles. The number of nitrogens with two attached hydrogens (primary N) is 1. The summed E-state index contributed by atoms with van der Waals surface area (Å²) in [6.07, 6.45) is 3.44. The van der Waals surface area contributed by atoms with Gasteiger partial charge in [0.25, 0.3) is 0 Å². The van der Waals surface area contributed by atoms with Gasteiger partial charge >= 0.3 is 0 Å². The summed E-state index contributed by atoms with van der Waals surface area (Å²) in [5, 5.41) is 0. The molecule has 0 aliphatic carbocycles. The number of pyridine rings is 1. The molecule has 1 aromatic carbocycles. The summed E-state index contributed by atoms with van der Waals surface area (Å²) >= 11 is 0. The van der Waals surface area contributed by atoms with Crippen LogP contribution in [0.5, 0.6) is 0 Å². The average molecular weight is 256 g/mol. The van der Waals surface area contributed by atoms with Crippen molar-refractivity contribution in [3.63, 3.8) is 0 Å². The molecular formula is C16H20N2O. The monoisotopic (exact) mass is 256 g/mol. The second kappa shape index (κ2) is 4.92. The molecule has 3 heteroatoms. The highest BCUT2D eigenvalue weighted by Gasteiger charge is 2.12. The van der Waals surface area contributed by atoms with Crippen LogP contribution >= 0.6 is 0 Å². The fraction of sp³-hybridized carbons (Fsp3) is 0.312. The Morgan fingerprint density at radius 3 is 2.26 bits per heavy atom. The molecule has 100 valence electrons. The van der Waals surface area contributed by atoms with Crippen LogP contribution in [0.3, 0.4) is 0 Å². The summed E-state index contributed by atoms with van der Waals surface area (Å²) < 4.78 is 1.92. The van der Waals surface area contributed by atoms with Crippen LogP contribution in [-0.2, 0) is 12.0 Å². The van der Waals surface area contributed by atoms with Gasteiger partial charge in [0.05, 0.1) is 5.69 Å². The van der Waals surface area contributed by atoms with Crippen LogP contribution in [0.2, 0.25) is 0 Å². The van der Waals surface area contributed by atoms with Crippen LogP contribution in [0.15, 0.2) is 47.5 Å². The molecule has 0 aliphatic rings. The van der Waals surface area contributed by atoms with Crippen molar-refractivity contribution in [1.82, 2.24) is 4.57 Å². The maximum absolute atomic E-state index is 11.2. The Labute approximate surface area is 113 Å². The second-order valence-corrected chi connectivity index (χ2v) is 5.88. The Morgan fingerprint density at radius 1 is 1.11 bits per heavy atom. The number of nitrogens with zero attached hydrogens (tertiary/aromatic N) is 1. The molecule has 0 unspecified atom stereocenters. The molecule has 1 aromatic heterocycles. The molecule has 0 spiro atoms. The molecule has 0 saturated carbocycles.